The topological polar surface area (TPSA) is 26.0 Å². The molecule has 0 unspecified atom stereocenters. The van der Waals surface area contributed by atoms with E-state index in [1.54, 1.807) is 12.1 Å². The highest BCUT2D eigenvalue weighted by Gasteiger charge is 2.08. The SMILES string of the molecule is Nc1cc(F)c(Cl)cc1Sc1cccc(F)c1. The molecule has 0 aromatic heterocycles. The minimum Gasteiger partial charge on any atom is -0.398 e. The van der Waals surface area contributed by atoms with Gasteiger partial charge in [0.25, 0.3) is 0 Å². The molecule has 88 valence electrons. The molecule has 0 aliphatic carbocycles. The lowest BCUT2D eigenvalue weighted by Gasteiger charge is -2.06. The first-order chi connectivity index (χ1) is 8.06. The van der Waals surface area contributed by atoms with Crippen molar-refractivity contribution < 1.29 is 8.78 Å². The highest BCUT2D eigenvalue weighted by molar-refractivity contribution is 7.99. The van der Waals surface area contributed by atoms with Crippen molar-refractivity contribution in [3.05, 3.63) is 53.1 Å². The average Bonchev–Trinajstić information content (AvgIpc) is 2.26. The molecule has 2 aromatic carbocycles. The molecule has 2 rings (SSSR count). The molecule has 0 bridgehead atoms. The number of benzene rings is 2. The Morgan fingerprint density at radius 3 is 2.59 bits per heavy atom. The van der Waals surface area contributed by atoms with Gasteiger partial charge in [-0.2, -0.15) is 0 Å². The van der Waals surface area contributed by atoms with Gasteiger partial charge in [0.15, 0.2) is 0 Å². The molecular formula is C12H8ClF2NS. The smallest absolute Gasteiger partial charge is 0.143 e. The summed E-state index contributed by atoms with van der Waals surface area (Å²) < 4.78 is 26.1. The van der Waals surface area contributed by atoms with Crippen molar-refractivity contribution >= 4 is 29.1 Å². The lowest BCUT2D eigenvalue weighted by Crippen LogP contribution is -1.91. The largest absolute Gasteiger partial charge is 0.398 e. The third-order valence-corrected chi connectivity index (χ3v) is 3.43. The molecule has 5 heteroatoms. The van der Waals surface area contributed by atoms with E-state index in [1.165, 1.54) is 30.0 Å². The predicted octanol–water partition coefficient (Wildman–Crippen LogP) is 4.35. The molecule has 17 heavy (non-hydrogen) atoms. The normalized spacial score (nSPS) is 10.5. The van der Waals surface area contributed by atoms with Crippen LogP contribution >= 0.6 is 23.4 Å². The molecule has 2 aromatic rings. The maximum absolute atomic E-state index is 13.1. The Kier molecular flexibility index (Phi) is 3.54. The third-order valence-electron chi connectivity index (χ3n) is 2.08. The van der Waals surface area contributed by atoms with Crippen LogP contribution in [0.3, 0.4) is 0 Å². The van der Waals surface area contributed by atoms with Gasteiger partial charge < -0.3 is 5.73 Å². The van der Waals surface area contributed by atoms with Crippen LogP contribution in [0.5, 0.6) is 0 Å². The Balaban J connectivity index is 2.33. The third kappa shape index (κ3) is 2.90. The molecular weight excluding hydrogens is 264 g/mol. The van der Waals surface area contributed by atoms with Crippen molar-refractivity contribution in [3.63, 3.8) is 0 Å². The summed E-state index contributed by atoms with van der Waals surface area (Å²) in [6.45, 7) is 0. The molecule has 0 heterocycles. The van der Waals surface area contributed by atoms with Gasteiger partial charge in [0, 0.05) is 15.5 Å². The van der Waals surface area contributed by atoms with E-state index in [-0.39, 0.29) is 16.5 Å². The highest BCUT2D eigenvalue weighted by Crippen LogP contribution is 2.35. The molecule has 1 nitrogen and oxygen atoms in total. The van der Waals surface area contributed by atoms with E-state index in [0.717, 1.165) is 6.07 Å². The summed E-state index contributed by atoms with van der Waals surface area (Å²) in [4.78, 5) is 1.28. The van der Waals surface area contributed by atoms with Gasteiger partial charge in [0.1, 0.15) is 11.6 Å². The standard InChI is InChI=1S/C12H8ClF2NS/c13-9-5-12(11(16)6-10(9)15)17-8-3-1-2-7(14)4-8/h1-6H,16H2. The number of nitrogens with two attached hydrogens (primary N) is 1. The zero-order valence-electron chi connectivity index (χ0n) is 8.58. The number of nitrogen functional groups attached to an aromatic ring is 1. The summed E-state index contributed by atoms with van der Waals surface area (Å²) in [6.07, 6.45) is 0. The second-order valence-corrected chi connectivity index (χ2v) is 4.89. The van der Waals surface area contributed by atoms with Gasteiger partial charge in [-0.3, -0.25) is 0 Å². The molecule has 0 aliphatic rings. The molecule has 0 aliphatic heterocycles. The minimum absolute atomic E-state index is 0.00176. The highest BCUT2D eigenvalue weighted by atomic mass is 35.5. The summed E-state index contributed by atoms with van der Waals surface area (Å²) in [7, 11) is 0. The van der Waals surface area contributed by atoms with Crippen LogP contribution in [0.25, 0.3) is 0 Å². The average molecular weight is 272 g/mol. The van der Waals surface area contributed by atoms with Gasteiger partial charge in [0.2, 0.25) is 0 Å². The van der Waals surface area contributed by atoms with Gasteiger partial charge in [-0.1, -0.05) is 29.4 Å². The van der Waals surface area contributed by atoms with Crippen molar-refractivity contribution in [3.8, 4) is 0 Å². The number of anilines is 1. The van der Waals surface area contributed by atoms with Gasteiger partial charge in [0.05, 0.1) is 5.02 Å². The van der Waals surface area contributed by atoms with Crippen LogP contribution in [0, 0.1) is 11.6 Å². The zero-order chi connectivity index (χ0) is 12.4. The fourth-order valence-electron chi connectivity index (χ4n) is 1.29. The number of halogens is 3. The Morgan fingerprint density at radius 1 is 1.12 bits per heavy atom. The summed E-state index contributed by atoms with van der Waals surface area (Å²) in [5, 5.41) is -0.00176. The second kappa shape index (κ2) is 4.94. The summed E-state index contributed by atoms with van der Waals surface area (Å²) >= 11 is 6.90. The van der Waals surface area contributed by atoms with Crippen molar-refractivity contribution in [2.45, 2.75) is 9.79 Å². The van der Waals surface area contributed by atoms with Crippen molar-refractivity contribution in [1.29, 1.82) is 0 Å². The first-order valence-corrected chi connectivity index (χ1v) is 5.93. The van der Waals surface area contributed by atoms with Crippen molar-refractivity contribution in [2.24, 2.45) is 0 Å². The van der Waals surface area contributed by atoms with Crippen LogP contribution in [0.1, 0.15) is 0 Å². The lowest BCUT2D eigenvalue weighted by molar-refractivity contribution is 0.624. The fraction of sp³-hybridized carbons (Fsp3) is 0. The molecule has 0 fully saturated rings. The van der Waals surface area contributed by atoms with Crippen LogP contribution < -0.4 is 5.73 Å². The lowest BCUT2D eigenvalue weighted by atomic mass is 10.3. The zero-order valence-corrected chi connectivity index (χ0v) is 10.2. The fourth-order valence-corrected chi connectivity index (χ4v) is 2.44. The van der Waals surface area contributed by atoms with Gasteiger partial charge in [-0.05, 0) is 30.3 Å². The van der Waals surface area contributed by atoms with E-state index in [0.29, 0.717) is 9.79 Å². The quantitative estimate of drug-likeness (QED) is 0.822. The first-order valence-electron chi connectivity index (χ1n) is 4.74. The van der Waals surface area contributed by atoms with E-state index in [9.17, 15) is 8.78 Å². The van der Waals surface area contributed by atoms with E-state index in [4.69, 9.17) is 17.3 Å². The summed E-state index contributed by atoms with van der Waals surface area (Å²) in [6, 6.07) is 8.65. The maximum Gasteiger partial charge on any atom is 0.143 e. The number of hydrogen-bond acceptors (Lipinski definition) is 2. The van der Waals surface area contributed by atoms with Crippen LogP contribution in [0.15, 0.2) is 46.2 Å². The van der Waals surface area contributed by atoms with E-state index < -0.39 is 5.82 Å². The van der Waals surface area contributed by atoms with Crippen LogP contribution in [-0.4, -0.2) is 0 Å². The summed E-state index contributed by atoms with van der Waals surface area (Å²) in [5.74, 6) is -0.894. The molecule has 0 spiro atoms. The van der Waals surface area contributed by atoms with Gasteiger partial charge in [-0.15, -0.1) is 0 Å². The molecule has 0 saturated heterocycles. The van der Waals surface area contributed by atoms with Gasteiger partial charge >= 0.3 is 0 Å². The van der Waals surface area contributed by atoms with Crippen molar-refractivity contribution in [1.82, 2.24) is 0 Å². The number of hydrogen-bond donors (Lipinski definition) is 1. The molecule has 2 N–H and O–H groups in total. The van der Waals surface area contributed by atoms with E-state index >= 15 is 0 Å². The van der Waals surface area contributed by atoms with Crippen LogP contribution in [0.2, 0.25) is 5.02 Å². The number of rotatable bonds is 2. The monoisotopic (exact) mass is 271 g/mol. The van der Waals surface area contributed by atoms with E-state index in [1.807, 2.05) is 0 Å². The Labute approximate surface area is 107 Å². The van der Waals surface area contributed by atoms with Gasteiger partial charge in [-0.25, -0.2) is 8.78 Å². The molecule has 0 amide bonds. The Morgan fingerprint density at radius 2 is 1.88 bits per heavy atom. The Hall–Kier alpha value is -1.26. The first kappa shape index (κ1) is 12.2. The van der Waals surface area contributed by atoms with E-state index in [2.05, 4.69) is 0 Å². The predicted molar refractivity (Wildman–Crippen MR) is 66.3 cm³/mol. The van der Waals surface area contributed by atoms with Crippen molar-refractivity contribution in [2.75, 3.05) is 5.73 Å². The minimum atomic E-state index is -0.562. The second-order valence-electron chi connectivity index (χ2n) is 3.36. The maximum atomic E-state index is 13.1. The van der Waals surface area contributed by atoms with Crippen LogP contribution in [-0.2, 0) is 0 Å². The Bertz CT molecular complexity index is 560. The molecule has 0 radical (unpaired) electrons. The van der Waals surface area contributed by atoms with Crippen LogP contribution in [0.4, 0.5) is 14.5 Å². The molecule has 0 saturated carbocycles. The molecule has 0 atom stereocenters. The summed E-state index contributed by atoms with van der Waals surface area (Å²) in [5.41, 5.74) is 5.94.